The average Bonchev–Trinajstić information content (AvgIpc) is 3.08. The Bertz CT molecular complexity index is 649. The normalized spacial score (nSPS) is 18.7. The van der Waals surface area contributed by atoms with Crippen molar-refractivity contribution >= 4 is 28.1 Å². The molecule has 2 N–H and O–H groups in total. The number of ether oxygens (including phenoxy) is 1. The molecule has 2 rings (SSSR count). The van der Waals surface area contributed by atoms with Crippen molar-refractivity contribution in [1.82, 2.24) is 15.5 Å². The number of nitrogens with zero attached hydrogens (tertiary/aromatic N) is 2. The Morgan fingerprint density at radius 3 is 2.61 bits per heavy atom. The molecular weight excluding hydrogens is 392 g/mol. The molecular formula is C20H36N4O2S2. The molecule has 0 radical (unpaired) electrons. The molecule has 2 unspecified atom stereocenters. The van der Waals surface area contributed by atoms with E-state index in [1.165, 1.54) is 9.75 Å². The molecule has 0 bridgehead atoms. The Morgan fingerprint density at radius 1 is 1.32 bits per heavy atom. The second-order valence-electron chi connectivity index (χ2n) is 7.92. The quantitative estimate of drug-likeness (QED) is 0.492. The second-order valence-corrected chi connectivity index (χ2v) is 11.6. The first-order chi connectivity index (χ1) is 13.3. The zero-order valence-electron chi connectivity index (χ0n) is 17.9. The molecule has 0 saturated carbocycles. The fourth-order valence-corrected chi connectivity index (χ4v) is 4.90. The summed E-state index contributed by atoms with van der Waals surface area (Å²) in [4.78, 5) is 10.0. The molecule has 1 fully saturated rings. The summed E-state index contributed by atoms with van der Waals surface area (Å²) >= 11 is 1.85. The van der Waals surface area contributed by atoms with Gasteiger partial charge in [0.25, 0.3) is 0 Å². The Kier molecular flexibility index (Phi) is 9.40. The molecule has 0 aliphatic carbocycles. The van der Waals surface area contributed by atoms with Gasteiger partial charge in [-0.2, -0.15) is 0 Å². The molecule has 0 aromatic carbocycles. The topological polar surface area (TPSA) is 66.0 Å². The lowest BCUT2D eigenvalue weighted by Gasteiger charge is -2.33. The summed E-state index contributed by atoms with van der Waals surface area (Å²) in [6.45, 7) is 15.8. The van der Waals surface area contributed by atoms with Crippen molar-refractivity contribution in [3.8, 4) is 0 Å². The first kappa shape index (κ1) is 23.3. The van der Waals surface area contributed by atoms with Crippen molar-refractivity contribution in [2.24, 2.45) is 4.99 Å². The molecule has 6 nitrogen and oxygen atoms in total. The van der Waals surface area contributed by atoms with Crippen LogP contribution in [0.15, 0.2) is 17.1 Å². The molecule has 1 saturated heterocycles. The molecule has 0 spiro atoms. The third kappa shape index (κ3) is 7.46. The van der Waals surface area contributed by atoms with Crippen LogP contribution in [0.25, 0.3) is 0 Å². The van der Waals surface area contributed by atoms with Gasteiger partial charge in [-0.15, -0.1) is 11.3 Å². The summed E-state index contributed by atoms with van der Waals surface area (Å²) in [7, 11) is -0.867. The predicted octanol–water partition coefficient (Wildman–Crippen LogP) is 2.53. The fourth-order valence-electron chi connectivity index (χ4n) is 2.99. The SMILES string of the molecule is CCNC(=NCC(c1ccc(C)s1)N1CCOCC1)NCCS(=O)C(C)(C)C. The van der Waals surface area contributed by atoms with Crippen molar-refractivity contribution in [3.05, 3.63) is 21.9 Å². The Labute approximate surface area is 176 Å². The van der Waals surface area contributed by atoms with Crippen molar-refractivity contribution < 1.29 is 8.95 Å². The maximum Gasteiger partial charge on any atom is 0.191 e. The van der Waals surface area contributed by atoms with Crippen molar-refractivity contribution in [3.63, 3.8) is 0 Å². The monoisotopic (exact) mass is 428 g/mol. The highest BCUT2D eigenvalue weighted by atomic mass is 32.2. The first-order valence-corrected chi connectivity index (χ1v) is 12.2. The van der Waals surface area contributed by atoms with Crippen LogP contribution in [0.1, 0.15) is 43.5 Å². The van der Waals surface area contributed by atoms with Crippen LogP contribution in [0, 0.1) is 6.92 Å². The molecule has 8 heteroatoms. The predicted molar refractivity (Wildman–Crippen MR) is 121 cm³/mol. The molecule has 1 aromatic heterocycles. The van der Waals surface area contributed by atoms with Gasteiger partial charge in [-0.25, -0.2) is 0 Å². The number of thiophene rings is 1. The number of guanidine groups is 1. The van der Waals surface area contributed by atoms with Gasteiger partial charge in [0.05, 0.1) is 25.8 Å². The van der Waals surface area contributed by atoms with Crippen molar-refractivity contribution in [2.75, 3.05) is 51.7 Å². The van der Waals surface area contributed by atoms with Crippen LogP contribution < -0.4 is 10.6 Å². The lowest BCUT2D eigenvalue weighted by Crippen LogP contribution is -2.42. The van der Waals surface area contributed by atoms with Gasteiger partial charge in [-0.3, -0.25) is 14.1 Å². The Balaban J connectivity index is 2.02. The fraction of sp³-hybridized carbons (Fsp3) is 0.750. The highest BCUT2D eigenvalue weighted by molar-refractivity contribution is 7.86. The van der Waals surface area contributed by atoms with Crippen LogP contribution in [0.2, 0.25) is 0 Å². The molecule has 2 heterocycles. The minimum absolute atomic E-state index is 0.185. The van der Waals surface area contributed by atoms with Crippen LogP contribution in [-0.4, -0.2) is 71.5 Å². The number of nitrogens with one attached hydrogen (secondary N) is 2. The van der Waals surface area contributed by atoms with Gasteiger partial charge in [-0.1, -0.05) is 0 Å². The molecule has 1 aliphatic rings. The minimum Gasteiger partial charge on any atom is -0.379 e. The van der Waals surface area contributed by atoms with E-state index in [2.05, 4.69) is 41.5 Å². The van der Waals surface area contributed by atoms with Gasteiger partial charge < -0.3 is 15.4 Å². The molecule has 1 aliphatic heterocycles. The zero-order chi connectivity index (χ0) is 20.6. The van der Waals surface area contributed by atoms with Gasteiger partial charge in [0, 0.05) is 57.2 Å². The highest BCUT2D eigenvalue weighted by Gasteiger charge is 2.24. The van der Waals surface area contributed by atoms with Gasteiger partial charge in [0.2, 0.25) is 0 Å². The number of hydrogen-bond donors (Lipinski definition) is 2. The maximum absolute atomic E-state index is 12.3. The number of aryl methyl sites for hydroxylation is 1. The minimum atomic E-state index is -0.867. The smallest absolute Gasteiger partial charge is 0.191 e. The van der Waals surface area contributed by atoms with E-state index in [9.17, 15) is 4.21 Å². The summed E-state index contributed by atoms with van der Waals surface area (Å²) in [5, 5.41) is 6.65. The number of aliphatic imine (C=N–C) groups is 1. The van der Waals surface area contributed by atoms with Gasteiger partial charge in [0.1, 0.15) is 0 Å². The lowest BCUT2D eigenvalue weighted by molar-refractivity contribution is 0.0186. The third-order valence-electron chi connectivity index (χ3n) is 4.61. The van der Waals surface area contributed by atoms with Crippen LogP contribution in [0.4, 0.5) is 0 Å². The van der Waals surface area contributed by atoms with Crippen molar-refractivity contribution in [1.29, 1.82) is 0 Å². The largest absolute Gasteiger partial charge is 0.379 e. The first-order valence-electron chi connectivity index (χ1n) is 10.1. The number of morpholine rings is 1. The molecule has 2 atom stereocenters. The summed E-state index contributed by atoms with van der Waals surface area (Å²) < 4.78 is 17.6. The van der Waals surface area contributed by atoms with E-state index in [1.54, 1.807) is 0 Å². The second kappa shape index (κ2) is 11.3. The summed E-state index contributed by atoms with van der Waals surface area (Å²) in [6.07, 6.45) is 0. The standard InChI is InChI=1S/C20H36N4O2S2/c1-6-21-19(22-9-14-28(25)20(3,4)5)23-15-17(18-8-7-16(2)27-18)24-10-12-26-13-11-24/h7-8,17H,6,9-15H2,1-5H3,(H2,21,22,23). The van der Waals surface area contributed by atoms with Gasteiger partial charge in [0.15, 0.2) is 5.96 Å². The number of rotatable bonds is 8. The van der Waals surface area contributed by atoms with E-state index in [1.807, 2.05) is 32.1 Å². The zero-order valence-corrected chi connectivity index (χ0v) is 19.5. The van der Waals surface area contributed by atoms with Crippen LogP contribution in [-0.2, 0) is 15.5 Å². The van der Waals surface area contributed by atoms with Crippen LogP contribution >= 0.6 is 11.3 Å². The van der Waals surface area contributed by atoms with E-state index < -0.39 is 10.8 Å². The summed E-state index contributed by atoms with van der Waals surface area (Å²) in [6, 6.07) is 4.67. The van der Waals surface area contributed by atoms with Crippen LogP contribution in [0.3, 0.4) is 0 Å². The molecule has 160 valence electrons. The highest BCUT2D eigenvalue weighted by Crippen LogP contribution is 2.28. The van der Waals surface area contributed by atoms with E-state index >= 15 is 0 Å². The van der Waals surface area contributed by atoms with Crippen LogP contribution in [0.5, 0.6) is 0 Å². The van der Waals surface area contributed by atoms with Crippen molar-refractivity contribution in [2.45, 2.75) is 45.4 Å². The summed E-state index contributed by atoms with van der Waals surface area (Å²) in [5.74, 6) is 1.41. The maximum atomic E-state index is 12.3. The summed E-state index contributed by atoms with van der Waals surface area (Å²) in [5.41, 5.74) is 0. The molecule has 1 aromatic rings. The lowest BCUT2D eigenvalue weighted by atomic mass is 10.2. The van der Waals surface area contributed by atoms with E-state index in [0.29, 0.717) is 18.8 Å². The third-order valence-corrected chi connectivity index (χ3v) is 7.65. The average molecular weight is 429 g/mol. The van der Waals surface area contributed by atoms with E-state index in [0.717, 1.165) is 38.8 Å². The Morgan fingerprint density at radius 2 is 2.04 bits per heavy atom. The molecule has 28 heavy (non-hydrogen) atoms. The van der Waals surface area contributed by atoms with E-state index in [-0.39, 0.29) is 10.8 Å². The number of hydrogen-bond acceptors (Lipinski definition) is 5. The Hall–Kier alpha value is -0.960. The van der Waals surface area contributed by atoms with Gasteiger partial charge >= 0.3 is 0 Å². The van der Waals surface area contributed by atoms with E-state index in [4.69, 9.17) is 9.73 Å². The van der Waals surface area contributed by atoms with Gasteiger partial charge in [-0.05, 0) is 46.8 Å². The molecule has 0 amide bonds.